The third-order valence-electron chi connectivity index (χ3n) is 5.30. The van der Waals surface area contributed by atoms with E-state index < -0.39 is 0 Å². The number of nitrogens with one attached hydrogen (secondary N) is 1. The number of rotatable bonds is 5. The lowest BCUT2D eigenvalue weighted by atomic mass is 9.92. The molecule has 0 aliphatic carbocycles. The van der Waals surface area contributed by atoms with Crippen molar-refractivity contribution in [3.8, 4) is 0 Å². The van der Waals surface area contributed by atoms with Gasteiger partial charge in [-0.3, -0.25) is 4.79 Å². The molecular weight excluding hydrogens is 350 g/mol. The van der Waals surface area contributed by atoms with Crippen molar-refractivity contribution in [3.05, 3.63) is 47.2 Å². The molecule has 1 aromatic carbocycles. The van der Waals surface area contributed by atoms with E-state index in [1.54, 1.807) is 6.07 Å². The molecule has 2 heterocycles. The van der Waals surface area contributed by atoms with Crippen molar-refractivity contribution < 1.29 is 4.79 Å². The number of benzene rings is 1. The molecule has 1 N–H and O–H groups in total. The Bertz CT molecular complexity index is 782. The number of carbonyl (C=O) groups excluding carboxylic acids is 1. The first-order valence-corrected chi connectivity index (χ1v) is 10.1. The summed E-state index contributed by atoms with van der Waals surface area (Å²) in [7, 11) is 2.07. The number of likely N-dealkylation sites (N-methyl/N-ethyl adjacent to an activating group) is 1. The molecule has 6 nitrogen and oxygen atoms in total. The molecule has 1 aliphatic heterocycles. The normalized spacial score (nSPS) is 15.3. The molecular formula is C22H31N5O. The molecule has 0 radical (unpaired) electrons. The summed E-state index contributed by atoms with van der Waals surface area (Å²) in [6, 6.07) is 10.0. The highest BCUT2D eigenvalue weighted by Crippen LogP contribution is 2.34. The van der Waals surface area contributed by atoms with Crippen molar-refractivity contribution in [2.75, 3.05) is 38.5 Å². The highest BCUT2D eigenvalue weighted by Gasteiger charge is 2.22. The zero-order valence-corrected chi connectivity index (χ0v) is 17.6. The lowest BCUT2D eigenvalue weighted by Crippen LogP contribution is -2.47. The van der Waals surface area contributed by atoms with Gasteiger partial charge in [0.1, 0.15) is 0 Å². The second-order valence-electron chi connectivity index (χ2n) is 8.15. The number of carbonyl (C=O) groups is 1. The number of piperazine rings is 1. The molecule has 0 bridgehead atoms. The second kappa shape index (κ2) is 8.69. The smallest absolute Gasteiger partial charge is 0.274 e. The van der Waals surface area contributed by atoms with Gasteiger partial charge >= 0.3 is 0 Å². The van der Waals surface area contributed by atoms with Crippen LogP contribution in [0.1, 0.15) is 61.1 Å². The minimum atomic E-state index is -0.0439. The first-order chi connectivity index (χ1) is 13.4. The molecule has 1 fully saturated rings. The van der Waals surface area contributed by atoms with E-state index >= 15 is 0 Å². The summed E-state index contributed by atoms with van der Waals surface area (Å²) in [6.07, 6.45) is 0. The maximum atomic E-state index is 12.6. The van der Waals surface area contributed by atoms with Crippen LogP contribution in [0.3, 0.4) is 0 Å². The average Bonchev–Trinajstić information content (AvgIpc) is 2.68. The summed E-state index contributed by atoms with van der Waals surface area (Å²) in [6.45, 7) is 12.0. The van der Waals surface area contributed by atoms with Gasteiger partial charge in [0.25, 0.3) is 5.91 Å². The van der Waals surface area contributed by atoms with Crippen LogP contribution in [0.2, 0.25) is 0 Å². The van der Waals surface area contributed by atoms with Crippen LogP contribution in [0.5, 0.6) is 0 Å². The van der Waals surface area contributed by atoms with Gasteiger partial charge in [0.2, 0.25) is 0 Å². The third-order valence-corrected chi connectivity index (χ3v) is 5.30. The first-order valence-electron chi connectivity index (χ1n) is 10.1. The Balaban J connectivity index is 1.79. The number of aromatic nitrogens is 2. The van der Waals surface area contributed by atoms with Gasteiger partial charge in [-0.15, -0.1) is 10.2 Å². The average molecular weight is 382 g/mol. The van der Waals surface area contributed by atoms with Crippen LogP contribution in [0.25, 0.3) is 0 Å². The van der Waals surface area contributed by atoms with E-state index in [0.717, 1.165) is 31.9 Å². The predicted octanol–water partition coefficient (Wildman–Crippen LogP) is 3.85. The highest BCUT2D eigenvalue weighted by molar-refractivity contribution is 5.92. The van der Waals surface area contributed by atoms with Crippen LogP contribution >= 0.6 is 0 Å². The molecule has 1 amide bonds. The summed E-state index contributed by atoms with van der Waals surface area (Å²) < 4.78 is 0. The molecule has 0 unspecified atom stereocenters. The van der Waals surface area contributed by atoms with Crippen LogP contribution in [-0.4, -0.2) is 59.1 Å². The number of anilines is 2. The lowest BCUT2D eigenvalue weighted by molar-refractivity contribution is 0.0657. The number of nitrogens with zero attached hydrogens (tertiary/aromatic N) is 4. The molecule has 6 heteroatoms. The van der Waals surface area contributed by atoms with Crippen molar-refractivity contribution in [2.24, 2.45) is 0 Å². The molecule has 0 atom stereocenters. The lowest BCUT2D eigenvalue weighted by Gasteiger charge is -2.32. The third kappa shape index (κ3) is 4.50. The van der Waals surface area contributed by atoms with Crippen LogP contribution in [0, 0.1) is 0 Å². The van der Waals surface area contributed by atoms with Gasteiger partial charge in [-0.05, 0) is 42.1 Å². The predicted molar refractivity (Wildman–Crippen MR) is 113 cm³/mol. The topological polar surface area (TPSA) is 61.4 Å². The molecule has 150 valence electrons. The van der Waals surface area contributed by atoms with Gasteiger partial charge in [0.05, 0.1) is 0 Å². The fraction of sp³-hybridized carbons (Fsp3) is 0.500. The number of para-hydroxylation sites is 1. The van der Waals surface area contributed by atoms with E-state index in [2.05, 4.69) is 73.4 Å². The van der Waals surface area contributed by atoms with E-state index in [9.17, 15) is 4.79 Å². The summed E-state index contributed by atoms with van der Waals surface area (Å²) in [5.41, 5.74) is 4.01. The van der Waals surface area contributed by atoms with Crippen LogP contribution < -0.4 is 5.32 Å². The summed E-state index contributed by atoms with van der Waals surface area (Å²) in [5.74, 6) is 1.40. The molecule has 1 aromatic heterocycles. The number of hydrogen-bond donors (Lipinski definition) is 1. The van der Waals surface area contributed by atoms with Crippen molar-refractivity contribution in [1.29, 1.82) is 0 Å². The molecule has 3 rings (SSSR count). The Hall–Kier alpha value is -2.47. The fourth-order valence-corrected chi connectivity index (χ4v) is 3.51. The van der Waals surface area contributed by atoms with Gasteiger partial charge in [0.15, 0.2) is 11.5 Å². The standard InChI is InChI=1S/C22H31N5O/c1-15(2)17-7-6-8-18(16(3)4)21(17)23-20-10-9-19(24-25-20)22(28)27-13-11-26(5)12-14-27/h6-10,15-16H,11-14H2,1-5H3,(H,23,25). The van der Waals surface area contributed by atoms with Crippen LogP contribution in [0.15, 0.2) is 30.3 Å². The Kier molecular flexibility index (Phi) is 6.29. The van der Waals surface area contributed by atoms with Crippen molar-refractivity contribution in [3.63, 3.8) is 0 Å². The van der Waals surface area contributed by atoms with E-state index in [1.807, 2.05) is 11.0 Å². The number of hydrogen-bond acceptors (Lipinski definition) is 5. The zero-order valence-electron chi connectivity index (χ0n) is 17.6. The van der Waals surface area contributed by atoms with Gasteiger partial charge < -0.3 is 15.1 Å². The zero-order chi connectivity index (χ0) is 20.3. The number of amides is 1. The molecule has 0 saturated carbocycles. The van der Waals surface area contributed by atoms with Crippen LogP contribution in [-0.2, 0) is 0 Å². The molecule has 28 heavy (non-hydrogen) atoms. The Morgan fingerprint density at radius 3 is 2.04 bits per heavy atom. The minimum absolute atomic E-state index is 0.0439. The Morgan fingerprint density at radius 2 is 1.54 bits per heavy atom. The molecule has 1 aliphatic rings. The highest BCUT2D eigenvalue weighted by atomic mass is 16.2. The Labute approximate surface area is 168 Å². The first kappa shape index (κ1) is 20.3. The molecule has 2 aromatic rings. The SMILES string of the molecule is CC(C)c1cccc(C(C)C)c1Nc1ccc(C(=O)N2CCN(C)CC2)nn1. The van der Waals surface area contributed by atoms with Gasteiger partial charge in [-0.25, -0.2) is 0 Å². The molecule has 0 spiro atoms. The van der Waals surface area contributed by atoms with Crippen molar-refractivity contribution >= 4 is 17.4 Å². The second-order valence-corrected chi connectivity index (χ2v) is 8.15. The van der Waals surface area contributed by atoms with Crippen LogP contribution in [0.4, 0.5) is 11.5 Å². The van der Waals surface area contributed by atoms with Crippen molar-refractivity contribution in [2.45, 2.75) is 39.5 Å². The van der Waals surface area contributed by atoms with E-state index in [-0.39, 0.29) is 5.91 Å². The van der Waals surface area contributed by atoms with E-state index in [1.165, 1.54) is 11.1 Å². The fourth-order valence-electron chi connectivity index (χ4n) is 3.51. The maximum absolute atomic E-state index is 12.6. The molecule has 1 saturated heterocycles. The largest absolute Gasteiger partial charge is 0.338 e. The monoisotopic (exact) mass is 381 g/mol. The van der Waals surface area contributed by atoms with Gasteiger partial charge in [-0.2, -0.15) is 0 Å². The van der Waals surface area contributed by atoms with Crippen molar-refractivity contribution in [1.82, 2.24) is 20.0 Å². The summed E-state index contributed by atoms with van der Waals surface area (Å²) in [4.78, 5) is 16.7. The minimum Gasteiger partial charge on any atom is -0.338 e. The van der Waals surface area contributed by atoms with Gasteiger partial charge in [0, 0.05) is 31.9 Å². The van der Waals surface area contributed by atoms with Gasteiger partial charge in [-0.1, -0.05) is 45.9 Å². The Morgan fingerprint density at radius 1 is 0.929 bits per heavy atom. The summed E-state index contributed by atoms with van der Waals surface area (Å²) in [5, 5.41) is 11.9. The quantitative estimate of drug-likeness (QED) is 0.852. The summed E-state index contributed by atoms with van der Waals surface area (Å²) >= 11 is 0. The van der Waals surface area contributed by atoms with E-state index in [0.29, 0.717) is 23.3 Å². The van der Waals surface area contributed by atoms with E-state index in [4.69, 9.17) is 0 Å². The maximum Gasteiger partial charge on any atom is 0.274 e.